The predicted octanol–water partition coefficient (Wildman–Crippen LogP) is 4.20. The van der Waals surface area contributed by atoms with E-state index in [4.69, 9.17) is 4.74 Å². The summed E-state index contributed by atoms with van der Waals surface area (Å²) in [6.45, 7) is 2.44. The van der Waals surface area contributed by atoms with Crippen molar-refractivity contribution >= 4 is 22.8 Å². The van der Waals surface area contributed by atoms with Gasteiger partial charge >= 0.3 is 0 Å². The lowest BCUT2D eigenvalue weighted by molar-refractivity contribution is -0.117. The third kappa shape index (κ3) is 3.83. The minimum atomic E-state index is -0.301. The highest BCUT2D eigenvalue weighted by molar-refractivity contribution is 6.05. The fourth-order valence-electron chi connectivity index (χ4n) is 3.33. The summed E-state index contributed by atoms with van der Waals surface area (Å²) in [6.07, 6.45) is 5.89. The predicted molar refractivity (Wildman–Crippen MR) is 99.1 cm³/mol. The van der Waals surface area contributed by atoms with Crippen molar-refractivity contribution in [3.05, 3.63) is 47.5 Å². The summed E-state index contributed by atoms with van der Waals surface area (Å²) in [5, 5.41) is 14.5. The Hall–Kier alpha value is -2.80. The number of fused-ring (bicyclic) bond motifs is 1. The van der Waals surface area contributed by atoms with Crippen molar-refractivity contribution in [2.75, 3.05) is 6.61 Å². The van der Waals surface area contributed by atoms with Crippen LogP contribution in [0.2, 0.25) is 0 Å². The maximum absolute atomic E-state index is 12.5. The number of amides is 1. The Morgan fingerprint density at radius 1 is 1.28 bits per heavy atom. The Balaban J connectivity index is 2.00. The van der Waals surface area contributed by atoms with Crippen LogP contribution in [0.5, 0.6) is 5.75 Å². The molecular formula is C21H22N2O2. The van der Waals surface area contributed by atoms with Crippen LogP contribution in [0.4, 0.5) is 0 Å². The van der Waals surface area contributed by atoms with E-state index in [2.05, 4.69) is 11.4 Å². The van der Waals surface area contributed by atoms with Crippen molar-refractivity contribution in [2.45, 2.75) is 38.6 Å². The minimum Gasteiger partial charge on any atom is -0.493 e. The zero-order valence-electron chi connectivity index (χ0n) is 14.4. The van der Waals surface area contributed by atoms with Gasteiger partial charge in [-0.1, -0.05) is 43.2 Å². The number of hydrogen-bond acceptors (Lipinski definition) is 3. The Kier molecular flexibility index (Phi) is 5.35. The molecule has 1 aliphatic carbocycles. The molecule has 0 heterocycles. The van der Waals surface area contributed by atoms with Gasteiger partial charge in [0.2, 0.25) is 0 Å². The van der Waals surface area contributed by atoms with E-state index in [1.807, 2.05) is 43.3 Å². The first kappa shape index (κ1) is 17.0. The van der Waals surface area contributed by atoms with Crippen LogP contribution in [0.25, 0.3) is 16.8 Å². The molecule has 0 aromatic heterocycles. The maximum Gasteiger partial charge on any atom is 0.262 e. The highest BCUT2D eigenvalue weighted by atomic mass is 16.5. The number of carbonyl (C=O) groups excluding carboxylic acids is 1. The van der Waals surface area contributed by atoms with Gasteiger partial charge in [-0.3, -0.25) is 4.79 Å². The summed E-state index contributed by atoms with van der Waals surface area (Å²) in [5.74, 6) is 0.382. The molecule has 1 aliphatic rings. The Morgan fingerprint density at radius 3 is 2.76 bits per heavy atom. The molecule has 25 heavy (non-hydrogen) atoms. The molecule has 0 aliphatic heterocycles. The van der Waals surface area contributed by atoms with E-state index in [0.717, 1.165) is 42.0 Å². The molecule has 0 saturated heterocycles. The number of nitrogens with one attached hydrogen (secondary N) is 1. The Morgan fingerprint density at radius 2 is 2.04 bits per heavy atom. The fraction of sp³-hybridized carbons (Fsp3) is 0.333. The second-order valence-corrected chi connectivity index (χ2v) is 6.26. The van der Waals surface area contributed by atoms with E-state index in [0.29, 0.717) is 12.4 Å². The summed E-state index contributed by atoms with van der Waals surface area (Å²) < 4.78 is 5.72. The van der Waals surface area contributed by atoms with Gasteiger partial charge in [-0.05, 0) is 42.7 Å². The van der Waals surface area contributed by atoms with Gasteiger partial charge in [0.05, 0.1) is 6.61 Å². The van der Waals surface area contributed by atoms with Gasteiger partial charge in [-0.2, -0.15) is 5.26 Å². The summed E-state index contributed by atoms with van der Waals surface area (Å²) in [7, 11) is 0. The molecule has 0 atom stereocenters. The Labute approximate surface area is 148 Å². The second kappa shape index (κ2) is 7.85. The molecule has 1 N–H and O–H groups in total. The second-order valence-electron chi connectivity index (χ2n) is 6.26. The molecule has 2 aromatic carbocycles. The first-order valence-electron chi connectivity index (χ1n) is 8.80. The molecular weight excluding hydrogens is 312 g/mol. The smallest absolute Gasteiger partial charge is 0.262 e. The van der Waals surface area contributed by atoms with Gasteiger partial charge in [0.15, 0.2) is 0 Å². The lowest BCUT2D eigenvalue weighted by Crippen LogP contribution is -2.33. The van der Waals surface area contributed by atoms with E-state index in [1.54, 1.807) is 6.08 Å². The van der Waals surface area contributed by atoms with Crippen LogP contribution in [0.3, 0.4) is 0 Å². The van der Waals surface area contributed by atoms with E-state index in [1.165, 1.54) is 0 Å². The van der Waals surface area contributed by atoms with Crippen molar-refractivity contribution in [2.24, 2.45) is 0 Å². The van der Waals surface area contributed by atoms with E-state index in [-0.39, 0.29) is 17.5 Å². The number of ether oxygens (including phenoxy) is 1. The minimum absolute atomic E-state index is 0.115. The fourth-order valence-corrected chi connectivity index (χ4v) is 3.33. The molecule has 1 saturated carbocycles. The molecule has 0 radical (unpaired) electrons. The molecule has 2 aromatic rings. The Bertz CT molecular complexity index is 843. The van der Waals surface area contributed by atoms with Gasteiger partial charge in [-0.15, -0.1) is 0 Å². The van der Waals surface area contributed by atoms with Crippen molar-refractivity contribution in [3.8, 4) is 11.8 Å². The van der Waals surface area contributed by atoms with Crippen LogP contribution in [-0.2, 0) is 4.79 Å². The molecule has 4 nitrogen and oxygen atoms in total. The summed E-state index contributed by atoms with van der Waals surface area (Å²) in [4.78, 5) is 12.5. The molecule has 1 fully saturated rings. The molecule has 1 amide bonds. The van der Waals surface area contributed by atoms with Gasteiger partial charge in [0, 0.05) is 11.6 Å². The third-order valence-corrected chi connectivity index (χ3v) is 4.57. The van der Waals surface area contributed by atoms with Crippen LogP contribution in [0, 0.1) is 11.3 Å². The third-order valence-electron chi connectivity index (χ3n) is 4.57. The normalized spacial score (nSPS) is 15.1. The monoisotopic (exact) mass is 334 g/mol. The largest absolute Gasteiger partial charge is 0.493 e. The van der Waals surface area contributed by atoms with Gasteiger partial charge in [0.1, 0.15) is 17.4 Å². The number of rotatable bonds is 5. The van der Waals surface area contributed by atoms with Gasteiger partial charge in [-0.25, -0.2) is 0 Å². The molecule has 0 unspecified atom stereocenters. The SMILES string of the molecule is CCOc1ccc2ccccc2c1/C=C(/C#N)C(=O)NC1CCCC1. The average Bonchev–Trinajstić information content (AvgIpc) is 3.13. The van der Waals surface area contributed by atoms with Gasteiger partial charge in [0.25, 0.3) is 5.91 Å². The summed E-state index contributed by atoms with van der Waals surface area (Å²) in [6, 6.07) is 14.0. The van der Waals surface area contributed by atoms with Crippen LogP contribution in [-0.4, -0.2) is 18.6 Å². The maximum atomic E-state index is 12.5. The number of nitriles is 1. The molecule has 4 heteroatoms. The number of hydrogen-bond donors (Lipinski definition) is 1. The standard InChI is InChI=1S/C21H22N2O2/c1-2-25-20-12-11-15-7-3-6-10-18(15)19(20)13-16(14-22)21(24)23-17-8-4-5-9-17/h3,6-7,10-13,17H,2,4-5,8-9H2,1H3,(H,23,24)/b16-13-. The van der Waals surface area contributed by atoms with E-state index < -0.39 is 0 Å². The molecule has 0 spiro atoms. The van der Waals surface area contributed by atoms with Gasteiger partial charge < -0.3 is 10.1 Å². The van der Waals surface area contributed by atoms with Crippen molar-refractivity contribution in [1.82, 2.24) is 5.32 Å². The molecule has 128 valence electrons. The van der Waals surface area contributed by atoms with Crippen LogP contribution < -0.4 is 10.1 Å². The average molecular weight is 334 g/mol. The zero-order valence-corrected chi connectivity index (χ0v) is 14.4. The number of benzene rings is 2. The summed E-state index contributed by atoms with van der Waals surface area (Å²) in [5.41, 5.74) is 0.891. The van der Waals surface area contributed by atoms with Crippen molar-refractivity contribution in [1.29, 1.82) is 5.26 Å². The topological polar surface area (TPSA) is 62.1 Å². The molecule has 0 bridgehead atoms. The van der Waals surface area contributed by atoms with Crippen LogP contribution in [0.1, 0.15) is 38.2 Å². The lowest BCUT2D eigenvalue weighted by atomic mass is 10.0. The zero-order chi connectivity index (χ0) is 17.6. The first-order chi connectivity index (χ1) is 12.2. The van der Waals surface area contributed by atoms with Crippen molar-refractivity contribution in [3.63, 3.8) is 0 Å². The van der Waals surface area contributed by atoms with Crippen molar-refractivity contribution < 1.29 is 9.53 Å². The lowest BCUT2D eigenvalue weighted by Gasteiger charge is -2.13. The molecule has 3 rings (SSSR count). The number of carbonyl (C=O) groups is 1. The van der Waals surface area contributed by atoms with E-state index >= 15 is 0 Å². The first-order valence-corrected chi connectivity index (χ1v) is 8.80. The van der Waals surface area contributed by atoms with Crippen LogP contribution >= 0.6 is 0 Å². The summed E-state index contributed by atoms with van der Waals surface area (Å²) >= 11 is 0. The van der Waals surface area contributed by atoms with E-state index in [9.17, 15) is 10.1 Å². The quantitative estimate of drug-likeness (QED) is 0.658. The number of nitrogens with zero attached hydrogens (tertiary/aromatic N) is 1. The van der Waals surface area contributed by atoms with Crippen LogP contribution in [0.15, 0.2) is 42.0 Å². The highest BCUT2D eigenvalue weighted by Gasteiger charge is 2.20. The highest BCUT2D eigenvalue weighted by Crippen LogP contribution is 2.30.